The predicted molar refractivity (Wildman–Crippen MR) is 95.0 cm³/mol. The van der Waals surface area contributed by atoms with Crippen LogP contribution in [0.5, 0.6) is 0 Å². The molecule has 4 nitrogen and oxygen atoms in total. The molecule has 0 bridgehead atoms. The minimum atomic E-state index is -0.112. The topological polar surface area (TPSA) is 68.3 Å². The lowest BCUT2D eigenvalue weighted by atomic mass is 10.1. The average Bonchev–Trinajstić information content (AvgIpc) is 3.20. The maximum Gasteiger partial charge on any atom is 0.256 e. The number of anilines is 1. The second-order valence-electron chi connectivity index (χ2n) is 5.66. The zero-order valence-electron chi connectivity index (χ0n) is 13.0. The Kier molecular flexibility index (Phi) is 3.52. The maximum absolute atomic E-state index is 12.2. The molecule has 0 spiro atoms. The van der Waals surface area contributed by atoms with Gasteiger partial charge in [-0.1, -0.05) is 36.4 Å². The standard InChI is InChI=1S/C20H16N2O2/c21-12-13-4-3-5-14(10-13)19-9-8-15(24-19)11-17-16-6-1-2-7-18(16)22-20(17)23/h1-11H,12,21H2,(H,22,23)/b17-11+. The van der Waals surface area contributed by atoms with E-state index in [0.717, 1.165) is 28.1 Å². The van der Waals surface area contributed by atoms with Gasteiger partial charge in [-0.15, -0.1) is 0 Å². The molecule has 1 aromatic heterocycles. The first kappa shape index (κ1) is 14.5. The molecule has 0 fully saturated rings. The Bertz CT molecular complexity index is 954. The molecule has 3 N–H and O–H groups in total. The first-order chi connectivity index (χ1) is 11.7. The van der Waals surface area contributed by atoms with E-state index in [4.69, 9.17) is 10.2 Å². The highest BCUT2D eigenvalue weighted by Gasteiger charge is 2.23. The molecule has 24 heavy (non-hydrogen) atoms. The lowest BCUT2D eigenvalue weighted by Crippen LogP contribution is -2.03. The van der Waals surface area contributed by atoms with Gasteiger partial charge >= 0.3 is 0 Å². The molecule has 1 aliphatic rings. The minimum absolute atomic E-state index is 0.112. The summed E-state index contributed by atoms with van der Waals surface area (Å²) in [5, 5.41) is 2.86. The van der Waals surface area contributed by atoms with Gasteiger partial charge in [0.2, 0.25) is 0 Å². The number of hydrogen-bond acceptors (Lipinski definition) is 3. The molecule has 2 aromatic carbocycles. The third-order valence-corrected chi connectivity index (χ3v) is 4.07. The van der Waals surface area contributed by atoms with Crippen LogP contribution in [0.25, 0.3) is 23.0 Å². The van der Waals surface area contributed by atoms with Crippen LogP contribution in [0.1, 0.15) is 16.9 Å². The molecule has 0 unspecified atom stereocenters. The number of benzene rings is 2. The quantitative estimate of drug-likeness (QED) is 0.720. The molecule has 1 amide bonds. The van der Waals surface area contributed by atoms with Crippen molar-refractivity contribution in [2.24, 2.45) is 5.73 Å². The number of fused-ring (bicyclic) bond motifs is 1. The van der Waals surface area contributed by atoms with E-state index in [-0.39, 0.29) is 5.91 Å². The molecule has 2 heterocycles. The molecule has 0 atom stereocenters. The Hall–Kier alpha value is -3.11. The number of carbonyl (C=O) groups is 1. The summed E-state index contributed by atoms with van der Waals surface area (Å²) in [6.45, 7) is 0.489. The van der Waals surface area contributed by atoms with Gasteiger partial charge in [-0.3, -0.25) is 4.79 Å². The van der Waals surface area contributed by atoms with Gasteiger partial charge in [0.25, 0.3) is 5.91 Å². The van der Waals surface area contributed by atoms with Gasteiger partial charge in [0, 0.05) is 23.4 Å². The number of para-hydroxylation sites is 1. The summed E-state index contributed by atoms with van der Waals surface area (Å²) < 4.78 is 5.90. The van der Waals surface area contributed by atoms with E-state index in [9.17, 15) is 4.79 Å². The first-order valence-electron chi connectivity index (χ1n) is 7.76. The van der Waals surface area contributed by atoms with Crippen LogP contribution < -0.4 is 11.1 Å². The third kappa shape index (κ3) is 2.53. The van der Waals surface area contributed by atoms with Crippen molar-refractivity contribution in [3.63, 3.8) is 0 Å². The first-order valence-corrected chi connectivity index (χ1v) is 7.76. The lowest BCUT2D eigenvalue weighted by Gasteiger charge is -2.00. The van der Waals surface area contributed by atoms with E-state index < -0.39 is 0 Å². The van der Waals surface area contributed by atoms with Gasteiger partial charge in [-0.25, -0.2) is 0 Å². The second-order valence-corrected chi connectivity index (χ2v) is 5.66. The van der Waals surface area contributed by atoms with Crippen molar-refractivity contribution in [3.05, 3.63) is 77.6 Å². The van der Waals surface area contributed by atoms with E-state index in [2.05, 4.69) is 5.32 Å². The number of carbonyl (C=O) groups excluding carboxylic acids is 1. The Morgan fingerprint density at radius 3 is 2.79 bits per heavy atom. The lowest BCUT2D eigenvalue weighted by molar-refractivity contribution is -0.110. The molecule has 4 heteroatoms. The second kappa shape index (κ2) is 5.83. The smallest absolute Gasteiger partial charge is 0.256 e. The van der Waals surface area contributed by atoms with Gasteiger partial charge in [0.05, 0.1) is 5.57 Å². The Labute approximate surface area is 139 Å². The molecular formula is C20H16N2O2. The van der Waals surface area contributed by atoms with Crippen LogP contribution in [-0.4, -0.2) is 5.91 Å². The van der Waals surface area contributed by atoms with Gasteiger partial charge in [-0.2, -0.15) is 0 Å². The number of amides is 1. The number of hydrogen-bond donors (Lipinski definition) is 2. The summed E-state index contributed by atoms with van der Waals surface area (Å²) in [5.41, 5.74) is 10.0. The fourth-order valence-electron chi connectivity index (χ4n) is 2.86. The molecule has 0 aliphatic carbocycles. The Morgan fingerprint density at radius 2 is 1.92 bits per heavy atom. The van der Waals surface area contributed by atoms with E-state index in [1.807, 2.05) is 60.7 Å². The van der Waals surface area contributed by atoms with Crippen LogP contribution in [-0.2, 0) is 11.3 Å². The summed E-state index contributed by atoms with van der Waals surface area (Å²) in [6, 6.07) is 19.3. The predicted octanol–water partition coefficient (Wildman–Crippen LogP) is 3.90. The van der Waals surface area contributed by atoms with E-state index in [1.165, 1.54) is 0 Å². The summed E-state index contributed by atoms with van der Waals surface area (Å²) in [5.74, 6) is 1.29. The van der Waals surface area contributed by atoms with Crippen LogP contribution in [0.15, 0.2) is 65.1 Å². The van der Waals surface area contributed by atoms with Crippen molar-refractivity contribution < 1.29 is 9.21 Å². The Balaban J connectivity index is 1.70. The van der Waals surface area contributed by atoms with Gasteiger partial charge < -0.3 is 15.5 Å². The summed E-state index contributed by atoms with van der Waals surface area (Å²) >= 11 is 0. The number of rotatable bonds is 3. The van der Waals surface area contributed by atoms with Gasteiger partial charge in [-0.05, 0) is 35.9 Å². The molecule has 0 saturated heterocycles. The van der Waals surface area contributed by atoms with E-state index in [0.29, 0.717) is 17.9 Å². The Morgan fingerprint density at radius 1 is 1.04 bits per heavy atom. The summed E-state index contributed by atoms with van der Waals surface area (Å²) in [7, 11) is 0. The van der Waals surface area contributed by atoms with Crippen molar-refractivity contribution >= 4 is 23.2 Å². The normalized spacial score (nSPS) is 14.7. The van der Waals surface area contributed by atoms with Crippen LogP contribution >= 0.6 is 0 Å². The van der Waals surface area contributed by atoms with Crippen molar-refractivity contribution in [2.45, 2.75) is 6.54 Å². The van der Waals surface area contributed by atoms with E-state index >= 15 is 0 Å². The fourth-order valence-corrected chi connectivity index (χ4v) is 2.86. The minimum Gasteiger partial charge on any atom is -0.457 e. The zero-order valence-corrected chi connectivity index (χ0v) is 13.0. The van der Waals surface area contributed by atoms with Crippen molar-refractivity contribution in [3.8, 4) is 11.3 Å². The van der Waals surface area contributed by atoms with Crippen LogP contribution in [0.3, 0.4) is 0 Å². The van der Waals surface area contributed by atoms with Crippen molar-refractivity contribution in [2.75, 3.05) is 5.32 Å². The average molecular weight is 316 g/mol. The molecule has 118 valence electrons. The summed E-state index contributed by atoms with van der Waals surface area (Å²) in [6.07, 6.45) is 1.78. The fraction of sp³-hybridized carbons (Fsp3) is 0.0500. The molecular weight excluding hydrogens is 300 g/mol. The van der Waals surface area contributed by atoms with Crippen LogP contribution in [0.2, 0.25) is 0 Å². The SMILES string of the molecule is NCc1cccc(-c2ccc(/C=C3/C(=O)Nc4ccccc43)o2)c1. The van der Waals surface area contributed by atoms with Crippen molar-refractivity contribution in [1.82, 2.24) is 0 Å². The molecule has 4 rings (SSSR count). The molecule has 0 saturated carbocycles. The number of nitrogens with two attached hydrogens (primary N) is 1. The summed E-state index contributed by atoms with van der Waals surface area (Å²) in [4.78, 5) is 12.2. The monoisotopic (exact) mass is 316 g/mol. The highest BCUT2D eigenvalue weighted by molar-refractivity contribution is 6.34. The number of nitrogens with one attached hydrogen (secondary N) is 1. The van der Waals surface area contributed by atoms with Gasteiger partial charge in [0.15, 0.2) is 0 Å². The highest BCUT2D eigenvalue weighted by Crippen LogP contribution is 2.33. The molecule has 1 aliphatic heterocycles. The highest BCUT2D eigenvalue weighted by atomic mass is 16.3. The number of furan rings is 1. The largest absolute Gasteiger partial charge is 0.457 e. The third-order valence-electron chi connectivity index (χ3n) is 4.07. The van der Waals surface area contributed by atoms with E-state index in [1.54, 1.807) is 6.08 Å². The maximum atomic E-state index is 12.2. The van der Waals surface area contributed by atoms with Crippen LogP contribution in [0, 0.1) is 0 Å². The van der Waals surface area contributed by atoms with Gasteiger partial charge in [0.1, 0.15) is 11.5 Å². The molecule has 0 radical (unpaired) electrons. The van der Waals surface area contributed by atoms with Crippen molar-refractivity contribution in [1.29, 1.82) is 0 Å². The molecule has 3 aromatic rings. The zero-order chi connectivity index (χ0) is 16.5. The van der Waals surface area contributed by atoms with Crippen LogP contribution in [0.4, 0.5) is 5.69 Å².